The van der Waals surface area contributed by atoms with Crippen molar-refractivity contribution in [2.45, 2.75) is 13.0 Å². The molecule has 5 heteroatoms. The molecule has 106 valence electrons. The van der Waals surface area contributed by atoms with Crippen molar-refractivity contribution in [3.05, 3.63) is 46.2 Å². The number of hydrogen-bond acceptors (Lipinski definition) is 4. The van der Waals surface area contributed by atoms with E-state index in [4.69, 9.17) is 5.73 Å². The smallest absolute Gasteiger partial charge is 0.253 e. The summed E-state index contributed by atoms with van der Waals surface area (Å²) in [6.45, 7) is 2.11. The number of carbonyl (C=O) groups excluding carboxylic acids is 1. The average Bonchev–Trinajstić information content (AvgIpc) is 2.99. The molecule has 0 saturated heterocycles. The van der Waals surface area contributed by atoms with Crippen LogP contribution in [0.25, 0.3) is 0 Å². The maximum atomic E-state index is 12.0. The van der Waals surface area contributed by atoms with Crippen molar-refractivity contribution >= 4 is 28.6 Å². The minimum Gasteiger partial charge on any atom is -0.399 e. The van der Waals surface area contributed by atoms with E-state index < -0.39 is 0 Å². The zero-order valence-electron chi connectivity index (χ0n) is 11.9. The van der Waals surface area contributed by atoms with Crippen LogP contribution in [0.4, 0.5) is 11.4 Å². The van der Waals surface area contributed by atoms with Crippen LogP contribution in [0.3, 0.4) is 0 Å². The van der Waals surface area contributed by atoms with E-state index in [9.17, 15) is 4.79 Å². The molecule has 0 aliphatic rings. The topological polar surface area (TPSA) is 58.4 Å². The first kappa shape index (κ1) is 14.4. The standard InChI is InChI=1S/C15H19N3OS/c1-10(14-5-4-8-20-14)18(3)13-9-11(16)6-7-12(13)15(19)17-2/h4-10H,16H2,1-3H3,(H,17,19). The van der Waals surface area contributed by atoms with Gasteiger partial charge in [0, 0.05) is 24.7 Å². The first-order valence-electron chi connectivity index (χ1n) is 6.42. The number of hydrogen-bond donors (Lipinski definition) is 2. The second-order valence-electron chi connectivity index (χ2n) is 4.66. The van der Waals surface area contributed by atoms with Crippen LogP contribution in [-0.2, 0) is 0 Å². The van der Waals surface area contributed by atoms with E-state index in [1.165, 1.54) is 4.88 Å². The van der Waals surface area contributed by atoms with Gasteiger partial charge in [0.05, 0.1) is 17.3 Å². The Labute approximate surface area is 123 Å². The predicted molar refractivity (Wildman–Crippen MR) is 85.4 cm³/mol. The van der Waals surface area contributed by atoms with Crippen molar-refractivity contribution in [3.8, 4) is 0 Å². The third-order valence-electron chi connectivity index (χ3n) is 3.41. The van der Waals surface area contributed by atoms with Gasteiger partial charge in [-0.3, -0.25) is 4.79 Å². The number of nitrogens with two attached hydrogens (primary N) is 1. The lowest BCUT2D eigenvalue weighted by atomic mass is 10.1. The fourth-order valence-electron chi connectivity index (χ4n) is 2.10. The van der Waals surface area contributed by atoms with Crippen LogP contribution in [-0.4, -0.2) is 20.0 Å². The highest BCUT2D eigenvalue weighted by Gasteiger charge is 2.19. The highest BCUT2D eigenvalue weighted by atomic mass is 32.1. The summed E-state index contributed by atoms with van der Waals surface area (Å²) in [7, 11) is 3.61. The fourth-order valence-corrected chi connectivity index (χ4v) is 2.92. The van der Waals surface area contributed by atoms with E-state index in [0.717, 1.165) is 5.69 Å². The Kier molecular flexibility index (Phi) is 4.29. The highest BCUT2D eigenvalue weighted by molar-refractivity contribution is 7.10. The number of nitrogens with zero attached hydrogens (tertiary/aromatic N) is 1. The van der Waals surface area contributed by atoms with E-state index in [1.54, 1.807) is 30.5 Å². The quantitative estimate of drug-likeness (QED) is 0.851. The summed E-state index contributed by atoms with van der Waals surface area (Å²) >= 11 is 1.70. The number of nitrogen functional groups attached to an aromatic ring is 1. The van der Waals surface area contributed by atoms with Crippen molar-refractivity contribution in [2.75, 3.05) is 24.7 Å². The van der Waals surface area contributed by atoms with Crippen LogP contribution in [0.5, 0.6) is 0 Å². The number of benzene rings is 1. The summed E-state index contributed by atoms with van der Waals surface area (Å²) in [5.74, 6) is -0.106. The number of carbonyl (C=O) groups is 1. The summed E-state index contributed by atoms with van der Waals surface area (Å²) in [5.41, 5.74) is 7.99. The monoisotopic (exact) mass is 289 g/mol. The molecular formula is C15H19N3OS. The number of amides is 1. The van der Waals surface area contributed by atoms with Gasteiger partial charge in [0.2, 0.25) is 0 Å². The van der Waals surface area contributed by atoms with Crippen molar-refractivity contribution in [1.29, 1.82) is 0 Å². The van der Waals surface area contributed by atoms with Gasteiger partial charge in [-0.05, 0) is 36.6 Å². The van der Waals surface area contributed by atoms with Crippen molar-refractivity contribution < 1.29 is 4.79 Å². The highest BCUT2D eigenvalue weighted by Crippen LogP contribution is 2.31. The molecule has 0 bridgehead atoms. The van der Waals surface area contributed by atoms with E-state index in [0.29, 0.717) is 11.3 Å². The molecule has 0 aliphatic heterocycles. The molecule has 0 spiro atoms. The van der Waals surface area contributed by atoms with Crippen LogP contribution in [0, 0.1) is 0 Å². The number of nitrogens with one attached hydrogen (secondary N) is 1. The molecule has 0 saturated carbocycles. The molecule has 0 fully saturated rings. The van der Waals surface area contributed by atoms with E-state index in [1.807, 2.05) is 19.2 Å². The molecule has 4 nitrogen and oxygen atoms in total. The lowest BCUT2D eigenvalue weighted by Crippen LogP contribution is -2.26. The Balaban J connectivity index is 2.40. The summed E-state index contributed by atoms with van der Waals surface area (Å²) < 4.78 is 0. The maximum absolute atomic E-state index is 12.0. The molecule has 2 aromatic rings. The van der Waals surface area contributed by atoms with E-state index in [-0.39, 0.29) is 11.9 Å². The molecule has 1 unspecified atom stereocenters. The van der Waals surface area contributed by atoms with Crippen LogP contribution < -0.4 is 16.0 Å². The molecule has 1 aromatic heterocycles. The number of anilines is 2. The fraction of sp³-hybridized carbons (Fsp3) is 0.267. The molecule has 0 radical (unpaired) electrons. The summed E-state index contributed by atoms with van der Waals surface area (Å²) in [6.07, 6.45) is 0. The largest absolute Gasteiger partial charge is 0.399 e. The van der Waals surface area contributed by atoms with Gasteiger partial charge in [0.1, 0.15) is 0 Å². The predicted octanol–water partition coefficient (Wildman–Crippen LogP) is 2.89. The molecule has 3 N–H and O–H groups in total. The zero-order valence-corrected chi connectivity index (χ0v) is 12.7. The van der Waals surface area contributed by atoms with Crippen molar-refractivity contribution in [3.63, 3.8) is 0 Å². The van der Waals surface area contributed by atoms with Crippen LogP contribution >= 0.6 is 11.3 Å². The van der Waals surface area contributed by atoms with Crippen LogP contribution in [0.1, 0.15) is 28.2 Å². The third-order valence-corrected chi connectivity index (χ3v) is 4.45. The first-order valence-corrected chi connectivity index (χ1v) is 7.30. The van der Waals surface area contributed by atoms with E-state index in [2.05, 4.69) is 28.6 Å². The van der Waals surface area contributed by atoms with Gasteiger partial charge in [0.15, 0.2) is 0 Å². The lowest BCUT2D eigenvalue weighted by Gasteiger charge is -2.28. The minimum atomic E-state index is -0.106. The molecule has 2 rings (SSSR count). The molecule has 1 heterocycles. The van der Waals surface area contributed by atoms with Gasteiger partial charge in [-0.1, -0.05) is 6.07 Å². The molecule has 1 amide bonds. The zero-order chi connectivity index (χ0) is 14.7. The maximum Gasteiger partial charge on any atom is 0.253 e. The van der Waals surface area contributed by atoms with Gasteiger partial charge >= 0.3 is 0 Å². The van der Waals surface area contributed by atoms with Crippen LogP contribution in [0.2, 0.25) is 0 Å². The Morgan fingerprint density at radius 1 is 1.40 bits per heavy atom. The number of rotatable bonds is 4. The summed E-state index contributed by atoms with van der Waals surface area (Å²) in [6, 6.07) is 9.66. The van der Waals surface area contributed by atoms with Gasteiger partial charge in [0.25, 0.3) is 5.91 Å². The van der Waals surface area contributed by atoms with Gasteiger partial charge < -0.3 is 16.0 Å². The second kappa shape index (κ2) is 5.96. The Bertz CT molecular complexity index is 595. The van der Waals surface area contributed by atoms with Crippen molar-refractivity contribution in [1.82, 2.24) is 5.32 Å². The average molecular weight is 289 g/mol. The summed E-state index contributed by atoms with van der Waals surface area (Å²) in [4.78, 5) is 15.3. The Morgan fingerprint density at radius 3 is 2.75 bits per heavy atom. The first-order chi connectivity index (χ1) is 9.54. The molecule has 1 aromatic carbocycles. The van der Waals surface area contributed by atoms with Crippen LogP contribution in [0.15, 0.2) is 35.7 Å². The SMILES string of the molecule is CNC(=O)c1ccc(N)cc1N(C)C(C)c1cccs1. The minimum absolute atomic E-state index is 0.106. The Morgan fingerprint density at radius 2 is 2.15 bits per heavy atom. The van der Waals surface area contributed by atoms with Crippen molar-refractivity contribution in [2.24, 2.45) is 0 Å². The molecule has 20 heavy (non-hydrogen) atoms. The van der Waals surface area contributed by atoms with E-state index >= 15 is 0 Å². The third kappa shape index (κ3) is 2.77. The summed E-state index contributed by atoms with van der Waals surface area (Å²) in [5, 5.41) is 4.72. The number of thiophene rings is 1. The Hall–Kier alpha value is -2.01. The normalized spacial score (nSPS) is 11.9. The molecule has 1 atom stereocenters. The van der Waals surface area contributed by atoms with Gasteiger partial charge in [-0.15, -0.1) is 11.3 Å². The molecular weight excluding hydrogens is 270 g/mol. The van der Waals surface area contributed by atoms with Gasteiger partial charge in [-0.25, -0.2) is 0 Å². The lowest BCUT2D eigenvalue weighted by molar-refractivity contribution is 0.0963. The van der Waals surface area contributed by atoms with Gasteiger partial charge in [-0.2, -0.15) is 0 Å². The second-order valence-corrected chi connectivity index (χ2v) is 5.64. The molecule has 0 aliphatic carbocycles.